The lowest BCUT2D eigenvalue weighted by Crippen LogP contribution is -2.33. The van der Waals surface area contributed by atoms with Gasteiger partial charge in [-0.3, -0.25) is 4.79 Å². The second-order valence-electron chi connectivity index (χ2n) is 8.54. The molecule has 2 aliphatic rings. The van der Waals surface area contributed by atoms with Gasteiger partial charge >= 0.3 is 0 Å². The molecular formula is C23H30N6O2. The monoisotopic (exact) mass is 422 g/mol. The Morgan fingerprint density at radius 2 is 1.87 bits per heavy atom. The topological polar surface area (TPSA) is 98.3 Å². The number of para-hydroxylation sites is 2. The number of aromatic nitrogens is 3. The molecule has 164 valence electrons. The molecule has 2 aliphatic heterocycles. The van der Waals surface area contributed by atoms with Crippen LogP contribution in [0.5, 0.6) is 0 Å². The smallest absolute Gasteiger partial charge is 0.257 e. The van der Waals surface area contributed by atoms with Crippen LogP contribution in [-0.4, -0.2) is 64.2 Å². The van der Waals surface area contributed by atoms with Gasteiger partial charge < -0.3 is 25.3 Å². The van der Waals surface area contributed by atoms with E-state index < -0.39 is 0 Å². The fourth-order valence-electron chi connectivity index (χ4n) is 4.69. The average Bonchev–Trinajstić information content (AvgIpc) is 3.41. The van der Waals surface area contributed by atoms with Crippen LogP contribution in [0.4, 0.5) is 5.82 Å². The number of likely N-dealkylation sites (tertiary alicyclic amines) is 1. The van der Waals surface area contributed by atoms with Crippen molar-refractivity contribution in [3.8, 4) is 0 Å². The molecule has 2 saturated heterocycles. The van der Waals surface area contributed by atoms with Gasteiger partial charge in [0.25, 0.3) is 5.91 Å². The lowest BCUT2D eigenvalue weighted by molar-refractivity contribution is 0.0859. The summed E-state index contributed by atoms with van der Waals surface area (Å²) in [6.07, 6.45) is 5.86. The van der Waals surface area contributed by atoms with Crippen molar-refractivity contribution in [1.29, 1.82) is 0 Å². The van der Waals surface area contributed by atoms with Crippen molar-refractivity contribution in [1.82, 2.24) is 24.8 Å². The summed E-state index contributed by atoms with van der Waals surface area (Å²) in [4.78, 5) is 25.2. The van der Waals surface area contributed by atoms with Crippen molar-refractivity contribution >= 4 is 33.9 Å². The van der Waals surface area contributed by atoms with Crippen molar-refractivity contribution in [3.63, 3.8) is 0 Å². The molecule has 2 aromatic heterocycles. The summed E-state index contributed by atoms with van der Waals surface area (Å²) in [7, 11) is 0. The number of rotatable bonds is 6. The first kappa shape index (κ1) is 20.2. The number of anilines is 1. The highest BCUT2D eigenvalue weighted by molar-refractivity contribution is 6.10. The zero-order chi connectivity index (χ0) is 21.2. The first-order valence-electron chi connectivity index (χ1n) is 11.4. The van der Waals surface area contributed by atoms with Crippen LogP contribution >= 0.6 is 0 Å². The summed E-state index contributed by atoms with van der Waals surface area (Å²) in [6.45, 7) is 5.05. The van der Waals surface area contributed by atoms with Crippen molar-refractivity contribution in [2.45, 2.75) is 44.8 Å². The van der Waals surface area contributed by atoms with Crippen molar-refractivity contribution < 1.29 is 9.53 Å². The Balaban J connectivity index is 1.49. The Kier molecular flexibility index (Phi) is 5.74. The fraction of sp³-hybridized carbons (Fsp3) is 0.522. The molecule has 0 bridgehead atoms. The highest BCUT2D eigenvalue weighted by Crippen LogP contribution is 2.28. The van der Waals surface area contributed by atoms with Crippen LogP contribution < -0.4 is 11.1 Å². The molecule has 4 heterocycles. The van der Waals surface area contributed by atoms with E-state index in [0.717, 1.165) is 50.1 Å². The SMILES string of the molecule is Nc1c(C(=O)NCC2CCCO2)c2nc3ccccc3nc2n1CCN1CCCCC1. The van der Waals surface area contributed by atoms with Crippen LogP contribution in [0.25, 0.3) is 22.2 Å². The maximum absolute atomic E-state index is 13.2. The largest absolute Gasteiger partial charge is 0.384 e. The van der Waals surface area contributed by atoms with Gasteiger partial charge in [0.1, 0.15) is 16.9 Å². The minimum Gasteiger partial charge on any atom is -0.384 e. The summed E-state index contributed by atoms with van der Waals surface area (Å²) in [6, 6.07) is 7.73. The Labute approximate surface area is 181 Å². The number of carbonyl (C=O) groups is 1. The zero-order valence-corrected chi connectivity index (χ0v) is 17.8. The molecule has 1 amide bonds. The number of nitrogen functional groups attached to an aromatic ring is 1. The maximum atomic E-state index is 13.2. The Hall–Kier alpha value is -2.71. The second-order valence-corrected chi connectivity index (χ2v) is 8.54. The molecule has 8 nitrogen and oxygen atoms in total. The summed E-state index contributed by atoms with van der Waals surface area (Å²) >= 11 is 0. The molecule has 3 N–H and O–H groups in total. The van der Waals surface area contributed by atoms with Gasteiger partial charge in [-0.1, -0.05) is 18.6 Å². The van der Waals surface area contributed by atoms with E-state index in [1.165, 1.54) is 19.3 Å². The van der Waals surface area contributed by atoms with E-state index in [9.17, 15) is 4.79 Å². The number of carbonyl (C=O) groups excluding carboxylic acids is 1. The molecule has 8 heteroatoms. The van der Waals surface area contributed by atoms with Crippen LogP contribution in [0.1, 0.15) is 42.5 Å². The Bertz CT molecular complexity index is 1080. The number of piperidine rings is 1. The van der Waals surface area contributed by atoms with Crippen LogP contribution in [0.2, 0.25) is 0 Å². The van der Waals surface area contributed by atoms with E-state index in [2.05, 4.69) is 10.2 Å². The molecule has 3 aromatic rings. The Morgan fingerprint density at radius 1 is 1.10 bits per heavy atom. The van der Waals surface area contributed by atoms with Crippen LogP contribution in [0, 0.1) is 0 Å². The molecule has 0 radical (unpaired) electrons. The first-order valence-corrected chi connectivity index (χ1v) is 11.4. The summed E-state index contributed by atoms with van der Waals surface area (Å²) in [5, 5.41) is 3.01. The van der Waals surface area contributed by atoms with E-state index in [-0.39, 0.29) is 12.0 Å². The minimum absolute atomic E-state index is 0.0736. The Morgan fingerprint density at radius 3 is 2.61 bits per heavy atom. The molecule has 1 unspecified atom stereocenters. The average molecular weight is 423 g/mol. The van der Waals surface area contributed by atoms with Gasteiger partial charge in [-0.05, 0) is 50.9 Å². The third-order valence-corrected chi connectivity index (χ3v) is 6.42. The van der Waals surface area contributed by atoms with Crippen LogP contribution in [0.3, 0.4) is 0 Å². The molecular weight excluding hydrogens is 392 g/mol. The summed E-state index contributed by atoms with van der Waals surface area (Å²) in [5.41, 5.74) is 9.78. The van der Waals surface area contributed by atoms with Gasteiger partial charge in [0.05, 0.1) is 17.1 Å². The third kappa shape index (κ3) is 4.09. The molecule has 0 spiro atoms. The number of fused-ring (bicyclic) bond motifs is 2. The van der Waals surface area contributed by atoms with Crippen LogP contribution in [0.15, 0.2) is 24.3 Å². The molecule has 5 rings (SSSR count). The van der Waals surface area contributed by atoms with Crippen molar-refractivity contribution in [2.75, 3.05) is 38.5 Å². The number of nitrogens with zero attached hydrogens (tertiary/aromatic N) is 4. The van der Waals surface area contributed by atoms with Gasteiger partial charge in [0, 0.05) is 26.2 Å². The predicted octanol–water partition coefficient (Wildman–Crippen LogP) is 2.56. The number of nitrogens with two attached hydrogens (primary N) is 1. The highest BCUT2D eigenvalue weighted by atomic mass is 16.5. The number of benzene rings is 1. The third-order valence-electron chi connectivity index (χ3n) is 6.42. The van der Waals surface area contributed by atoms with E-state index in [4.69, 9.17) is 20.4 Å². The summed E-state index contributed by atoms with van der Waals surface area (Å²) < 4.78 is 7.60. The summed E-state index contributed by atoms with van der Waals surface area (Å²) in [5.74, 6) is 0.228. The zero-order valence-electron chi connectivity index (χ0n) is 17.8. The molecule has 0 aliphatic carbocycles. The molecule has 0 saturated carbocycles. The van der Waals surface area contributed by atoms with E-state index in [0.29, 0.717) is 35.6 Å². The standard InChI is InChI=1S/C23H30N6O2/c24-21-19(23(30)25-15-16-7-6-14-31-16)20-22(27-18-9-3-2-8-17(18)26-20)29(21)13-12-28-10-4-1-5-11-28/h2-3,8-9,16H,1,4-7,10-15,24H2,(H,25,30). The van der Waals surface area contributed by atoms with Gasteiger partial charge in [-0.2, -0.15) is 0 Å². The molecule has 1 aromatic carbocycles. The number of hydrogen-bond acceptors (Lipinski definition) is 6. The lowest BCUT2D eigenvalue weighted by Gasteiger charge is -2.26. The maximum Gasteiger partial charge on any atom is 0.257 e. The first-order chi connectivity index (χ1) is 15.2. The van der Waals surface area contributed by atoms with Crippen molar-refractivity contribution in [3.05, 3.63) is 29.8 Å². The number of nitrogens with one attached hydrogen (secondary N) is 1. The normalized spacial score (nSPS) is 19.9. The molecule has 1 atom stereocenters. The quantitative estimate of drug-likeness (QED) is 0.634. The van der Waals surface area contributed by atoms with Gasteiger partial charge in [0.2, 0.25) is 0 Å². The van der Waals surface area contributed by atoms with Gasteiger partial charge in [-0.25, -0.2) is 9.97 Å². The number of hydrogen-bond donors (Lipinski definition) is 2. The predicted molar refractivity (Wildman–Crippen MR) is 121 cm³/mol. The second kappa shape index (κ2) is 8.80. The lowest BCUT2D eigenvalue weighted by atomic mass is 10.1. The number of ether oxygens (including phenoxy) is 1. The van der Waals surface area contributed by atoms with E-state index in [1.54, 1.807) is 0 Å². The molecule has 2 fully saturated rings. The highest BCUT2D eigenvalue weighted by Gasteiger charge is 2.25. The molecule has 31 heavy (non-hydrogen) atoms. The van der Waals surface area contributed by atoms with Gasteiger partial charge in [-0.15, -0.1) is 0 Å². The number of amides is 1. The minimum atomic E-state index is -0.209. The van der Waals surface area contributed by atoms with Crippen LogP contribution in [-0.2, 0) is 11.3 Å². The van der Waals surface area contributed by atoms with Gasteiger partial charge in [0.15, 0.2) is 5.65 Å². The van der Waals surface area contributed by atoms with E-state index >= 15 is 0 Å². The van der Waals surface area contributed by atoms with Crippen molar-refractivity contribution in [2.24, 2.45) is 0 Å². The van der Waals surface area contributed by atoms with E-state index in [1.807, 2.05) is 28.8 Å². The fourth-order valence-corrected chi connectivity index (χ4v) is 4.69.